The normalized spacial score (nSPS) is 20.1. The molecular formula is C13H14O. The van der Waals surface area contributed by atoms with Crippen molar-refractivity contribution in [3.8, 4) is 0 Å². The highest BCUT2D eigenvalue weighted by molar-refractivity contribution is 5.48. The van der Waals surface area contributed by atoms with Crippen molar-refractivity contribution < 1.29 is 4.74 Å². The van der Waals surface area contributed by atoms with Crippen LogP contribution in [0, 0.1) is 0 Å². The van der Waals surface area contributed by atoms with Gasteiger partial charge in [0.25, 0.3) is 0 Å². The van der Waals surface area contributed by atoms with Crippen molar-refractivity contribution in [2.24, 2.45) is 0 Å². The van der Waals surface area contributed by atoms with Crippen LogP contribution < -0.4 is 0 Å². The predicted molar refractivity (Wildman–Crippen MR) is 58.7 cm³/mol. The molecule has 1 nitrogen and oxygen atoms in total. The molecule has 2 rings (SSSR count). The first kappa shape index (κ1) is 9.07. The molecular weight excluding hydrogens is 172 g/mol. The molecule has 1 aliphatic rings. The average molecular weight is 186 g/mol. The maximum absolute atomic E-state index is 5.36. The van der Waals surface area contributed by atoms with Crippen LogP contribution in [0.2, 0.25) is 0 Å². The summed E-state index contributed by atoms with van der Waals surface area (Å²) < 4.78 is 5.36. The Morgan fingerprint density at radius 3 is 2.86 bits per heavy atom. The Kier molecular flexibility index (Phi) is 3.02. The molecule has 0 bridgehead atoms. The van der Waals surface area contributed by atoms with Gasteiger partial charge < -0.3 is 4.74 Å². The molecule has 1 heteroatoms. The Hall–Kier alpha value is -1.50. The average Bonchev–Trinajstić information content (AvgIpc) is 2.72. The van der Waals surface area contributed by atoms with Gasteiger partial charge in [-0.3, -0.25) is 0 Å². The molecule has 1 unspecified atom stereocenters. The molecule has 0 aromatic heterocycles. The molecule has 0 spiro atoms. The van der Waals surface area contributed by atoms with E-state index >= 15 is 0 Å². The van der Waals surface area contributed by atoms with E-state index in [1.165, 1.54) is 5.56 Å². The second-order valence-electron chi connectivity index (χ2n) is 3.41. The molecule has 0 saturated heterocycles. The first-order chi connectivity index (χ1) is 6.95. The molecule has 1 aromatic rings. The fraction of sp³-hybridized carbons (Fsp3) is 0.231. The molecule has 14 heavy (non-hydrogen) atoms. The van der Waals surface area contributed by atoms with Gasteiger partial charge in [0, 0.05) is 12.8 Å². The SMILES string of the molecule is C1=COC(C/C=C/c2ccccc2)C1. The van der Waals surface area contributed by atoms with Crippen LogP contribution in [0.3, 0.4) is 0 Å². The third-order valence-electron chi connectivity index (χ3n) is 2.28. The van der Waals surface area contributed by atoms with E-state index in [2.05, 4.69) is 30.4 Å². The third-order valence-corrected chi connectivity index (χ3v) is 2.28. The van der Waals surface area contributed by atoms with Crippen molar-refractivity contribution in [2.75, 3.05) is 0 Å². The van der Waals surface area contributed by atoms with Crippen LogP contribution in [0.5, 0.6) is 0 Å². The lowest BCUT2D eigenvalue weighted by atomic mass is 10.1. The van der Waals surface area contributed by atoms with Crippen LogP contribution in [0.1, 0.15) is 18.4 Å². The van der Waals surface area contributed by atoms with Gasteiger partial charge in [0.15, 0.2) is 0 Å². The first-order valence-electron chi connectivity index (χ1n) is 4.97. The van der Waals surface area contributed by atoms with E-state index in [1.54, 1.807) is 6.26 Å². The number of ether oxygens (including phenoxy) is 1. The van der Waals surface area contributed by atoms with Gasteiger partial charge in [0.2, 0.25) is 0 Å². The number of hydrogen-bond donors (Lipinski definition) is 0. The fourth-order valence-electron chi connectivity index (χ4n) is 1.50. The minimum Gasteiger partial charge on any atom is -0.498 e. The van der Waals surface area contributed by atoms with Gasteiger partial charge in [-0.2, -0.15) is 0 Å². The maximum Gasteiger partial charge on any atom is 0.105 e. The second kappa shape index (κ2) is 4.66. The van der Waals surface area contributed by atoms with Crippen molar-refractivity contribution in [3.63, 3.8) is 0 Å². The van der Waals surface area contributed by atoms with E-state index in [9.17, 15) is 0 Å². The van der Waals surface area contributed by atoms with Crippen molar-refractivity contribution in [1.82, 2.24) is 0 Å². The molecule has 0 aliphatic carbocycles. The number of rotatable bonds is 3. The van der Waals surface area contributed by atoms with Gasteiger partial charge in [0.1, 0.15) is 6.10 Å². The van der Waals surface area contributed by atoms with Gasteiger partial charge in [0.05, 0.1) is 6.26 Å². The lowest BCUT2D eigenvalue weighted by Gasteiger charge is -2.05. The summed E-state index contributed by atoms with van der Waals surface area (Å²) in [6, 6.07) is 10.3. The monoisotopic (exact) mass is 186 g/mol. The van der Waals surface area contributed by atoms with Gasteiger partial charge in [-0.15, -0.1) is 0 Å². The van der Waals surface area contributed by atoms with Crippen molar-refractivity contribution in [3.05, 3.63) is 54.3 Å². The zero-order valence-corrected chi connectivity index (χ0v) is 8.10. The summed E-state index contributed by atoms with van der Waals surface area (Å²) in [5.74, 6) is 0. The lowest BCUT2D eigenvalue weighted by Crippen LogP contribution is -2.01. The summed E-state index contributed by atoms with van der Waals surface area (Å²) >= 11 is 0. The van der Waals surface area contributed by atoms with Crippen LogP contribution in [0.4, 0.5) is 0 Å². The van der Waals surface area contributed by atoms with Gasteiger partial charge in [-0.1, -0.05) is 42.5 Å². The molecule has 0 radical (unpaired) electrons. The van der Waals surface area contributed by atoms with Gasteiger partial charge in [-0.05, 0) is 11.6 Å². The Bertz CT molecular complexity index is 316. The number of hydrogen-bond acceptors (Lipinski definition) is 1. The fourth-order valence-corrected chi connectivity index (χ4v) is 1.50. The minimum atomic E-state index is 0.356. The summed E-state index contributed by atoms with van der Waals surface area (Å²) in [6.45, 7) is 0. The molecule has 0 fully saturated rings. The molecule has 1 heterocycles. The largest absolute Gasteiger partial charge is 0.498 e. The van der Waals surface area contributed by atoms with E-state index in [-0.39, 0.29) is 0 Å². The summed E-state index contributed by atoms with van der Waals surface area (Å²) in [5.41, 5.74) is 1.25. The predicted octanol–water partition coefficient (Wildman–Crippen LogP) is 3.39. The summed E-state index contributed by atoms with van der Waals surface area (Å²) in [7, 11) is 0. The van der Waals surface area contributed by atoms with Crippen molar-refractivity contribution in [1.29, 1.82) is 0 Å². The van der Waals surface area contributed by atoms with Gasteiger partial charge >= 0.3 is 0 Å². The van der Waals surface area contributed by atoms with Crippen molar-refractivity contribution in [2.45, 2.75) is 18.9 Å². The Balaban J connectivity index is 1.83. The third kappa shape index (κ3) is 2.49. The molecule has 0 N–H and O–H groups in total. The number of benzene rings is 1. The highest BCUT2D eigenvalue weighted by Crippen LogP contribution is 2.13. The maximum atomic E-state index is 5.36. The summed E-state index contributed by atoms with van der Waals surface area (Å²) in [6.07, 6.45) is 10.6. The second-order valence-corrected chi connectivity index (χ2v) is 3.41. The Labute approximate surface area is 84.7 Å². The molecule has 1 atom stereocenters. The molecule has 1 aromatic carbocycles. The molecule has 1 aliphatic heterocycles. The smallest absolute Gasteiger partial charge is 0.105 e. The van der Waals surface area contributed by atoms with Crippen LogP contribution in [0.15, 0.2) is 48.7 Å². The lowest BCUT2D eigenvalue weighted by molar-refractivity contribution is 0.173. The Morgan fingerprint density at radius 2 is 2.14 bits per heavy atom. The van der Waals surface area contributed by atoms with Gasteiger partial charge in [-0.25, -0.2) is 0 Å². The van der Waals surface area contributed by atoms with Crippen LogP contribution in [0.25, 0.3) is 6.08 Å². The molecule has 0 saturated carbocycles. The zero-order chi connectivity index (χ0) is 9.64. The highest BCUT2D eigenvalue weighted by atomic mass is 16.5. The standard InChI is InChI=1S/C13H14O/c1-2-6-12(7-3-1)8-4-9-13-10-5-11-14-13/h1-8,11,13H,9-10H2/b8-4+. The summed E-state index contributed by atoms with van der Waals surface area (Å²) in [5, 5.41) is 0. The van der Waals surface area contributed by atoms with E-state index in [1.807, 2.05) is 18.2 Å². The van der Waals surface area contributed by atoms with Crippen LogP contribution in [-0.2, 0) is 4.74 Å². The van der Waals surface area contributed by atoms with Crippen LogP contribution >= 0.6 is 0 Å². The highest BCUT2D eigenvalue weighted by Gasteiger charge is 2.07. The zero-order valence-electron chi connectivity index (χ0n) is 8.10. The Morgan fingerprint density at radius 1 is 1.29 bits per heavy atom. The molecule has 72 valence electrons. The minimum absolute atomic E-state index is 0.356. The topological polar surface area (TPSA) is 9.23 Å². The van der Waals surface area contributed by atoms with E-state index in [0.29, 0.717) is 6.10 Å². The van der Waals surface area contributed by atoms with E-state index < -0.39 is 0 Å². The van der Waals surface area contributed by atoms with E-state index in [4.69, 9.17) is 4.74 Å². The van der Waals surface area contributed by atoms with Crippen molar-refractivity contribution >= 4 is 6.08 Å². The molecule has 0 amide bonds. The van der Waals surface area contributed by atoms with Crippen LogP contribution in [-0.4, -0.2) is 6.10 Å². The summed E-state index contributed by atoms with van der Waals surface area (Å²) in [4.78, 5) is 0. The quantitative estimate of drug-likeness (QED) is 0.703. The first-order valence-corrected chi connectivity index (χ1v) is 4.97. The van der Waals surface area contributed by atoms with E-state index in [0.717, 1.165) is 12.8 Å².